The number of hydrogen-bond donors (Lipinski definition) is 0. The van der Waals surface area contributed by atoms with Gasteiger partial charge in [-0.25, -0.2) is 0 Å². The van der Waals surface area contributed by atoms with Crippen LogP contribution in [0, 0.1) is 13.8 Å². The van der Waals surface area contributed by atoms with E-state index < -0.39 is 0 Å². The molecule has 0 bridgehead atoms. The van der Waals surface area contributed by atoms with E-state index in [4.69, 9.17) is 0 Å². The summed E-state index contributed by atoms with van der Waals surface area (Å²) in [5, 5.41) is 5.37. The molecular weight excluding hydrogens is 384 g/mol. The molecule has 2 heteroatoms. The van der Waals surface area contributed by atoms with Crippen LogP contribution in [0.4, 0.5) is 0 Å². The summed E-state index contributed by atoms with van der Waals surface area (Å²) in [6, 6.07) is 25.7. The summed E-state index contributed by atoms with van der Waals surface area (Å²) in [6.07, 6.45) is 0. The summed E-state index contributed by atoms with van der Waals surface area (Å²) >= 11 is 1.74. The van der Waals surface area contributed by atoms with Gasteiger partial charge in [0.05, 0.1) is 0 Å². The molecule has 0 aliphatic rings. The van der Waals surface area contributed by atoms with E-state index in [2.05, 4.69) is 99.7 Å². The van der Waals surface area contributed by atoms with E-state index in [1.807, 2.05) is 0 Å². The molecule has 0 aliphatic heterocycles. The SMILES string of the molecule is C[Si](C)=[Zr+2].Cc1ccc2cc[cH-]c2c1.Cc1ccc2cc[cH-]c2c1. The molecule has 0 spiro atoms. The van der Waals surface area contributed by atoms with Gasteiger partial charge >= 0.3 is 41.9 Å². The summed E-state index contributed by atoms with van der Waals surface area (Å²) in [5.74, 6) is 0. The first-order valence-electron chi connectivity index (χ1n) is 8.21. The van der Waals surface area contributed by atoms with Gasteiger partial charge < -0.3 is 0 Å². The molecule has 0 saturated heterocycles. The Balaban J connectivity index is 0.000000143. The Morgan fingerprint density at radius 2 is 1.08 bits per heavy atom. The molecule has 0 unspecified atom stereocenters. The quantitative estimate of drug-likeness (QED) is 0.230. The van der Waals surface area contributed by atoms with Gasteiger partial charge in [-0.3, -0.25) is 0 Å². The fourth-order valence-corrected chi connectivity index (χ4v) is 2.49. The van der Waals surface area contributed by atoms with Gasteiger partial charge in [0.2, 0.25) is 0 Å². The topological polar surface area (TPSA) is 0 Å². The normalized spacial score (nSPS) is 9.92. The third-order valence-electron chi connectivity index (χ3n) is 3.59. The molecule has 0 amide bonds. The summed E-state index contributed by atoms with van der Waals surface area (Å²) in [5.41, 5.74) is 2.87. The maximum Gasteiger partial charge on any atom is -0.0486 e. The van der Waals surface area contributed by atoms with Crippen molar-refractivity contribution in [2.45, 2.75) is 26.9 Å². The molecular formula is C22H24SiZr. The molecule has 0 saturated carbocycles. The van der Waals surface area contributed by atoms with Crippen LogP contribution in [0.1, 0.15) is 11.1 Å². The molecule has 0 N–H and O–H groups in total. The van der Waals surface area contributed by atoms with Crippen LogP contribution in [0.25, 0.3) is 21.5 Å². The molecule has 4 rings (SSSR count). The number of fused-ring (bicyclic) bond motifs is 2. The van der Waals surface area contributed by atoms with Gasteiger partial charge in [0.15, 0.2) is 0 Å². The van der Waals surface area contributed by atoms with Crippen molar-refractivity contribution in [3.63, 3.8) is 0 Å². The zero-order valence-electron chi connectivity index (χ0n) is 14.9. The van der Waals surface area contributed by atoms with E-state index in [9.17, 15) is 0 Å². The van der Waals surface area contributed by atoms with Crippen molar-refractivity contribution < 1.29 is 23.3 Å². The maximum absolute atomic E-state index is 2.31. The number of aryl methyl sites for hydroxylation is 2. The Hall–Kier alpha value is -1.24. The second-order valence-electron chi connectivity index (χ2n) is 6.32. The van der Waals surface area contributed by atoms with Gasteiger partial charge in [0.1, 0.15) is 0 Å². The second kappa shape index (κ2) is 9.30. The van der Waals surface area contributed by atoms with Gasteiger partial charge in [-0.1, -0.05) is 23.3 Å². The second-order valence-corrected chi connectivity index (χ2v) is 15.7. The smallest absolute Gasteiger partial charge is 0.0486 e. The molecule has 0 aliphatic carbocycles. The molecule has 0 fully saturated rings. The van der Waals surface area contributed by atoms with Gasteiger partial charge in [-0.2, -0.15) is 24.3 Å². The predicted molar refractivity (Wildman–Crippen MR) is 106 cm³/mol. The standard InChI is InChI=1S/2C10H9.C2H6Si.Zr/c2*1-8-5-6-9-3-2-4-10(9)7-8;1-3-2;/h2*2-7H,1H3;1-2H3;/q2*-1;;+2. The van der Waals surface area contributed by atoms with E-state index in [1.54, 1.807) is 23.3 Å². The van der Waals surface area contributed by atoms with Crippen molar-refractivity contribution in [3.8, 4) is 0 Å². The zero-order chi connectivity index (χ0) is 17.5. The van der Waals surface area contributed by atoms with Crippen molar-refractivity contribution in [3.05, 3.63) is 83.9 Å². The monoisotopic (exact) mass is 406 g/mol. The summed E-state index contributed by atoms with van der Waals surface area (Å²) in [7, 11) is 0. The third-order valence-corrected chi connectivity index (χ3v) is 3.59. The Morgan fingerprint density at radius 1 is 0.708 bits per heavy atom. The average molecular weight is 408 g/mol. The average Bonchev–Trinajstić information content (AvgIpc) is 3.14. The number of benzene rings is 2. The third kappa shape index (κ3) is 6.00. The largest absolute Gasteiger partial charge is 0.168 e. The van der Waals surface area contributed by atoms with Crippen LogP contribution in [0.5, 0.6) is 0 Å². The first-order chi connectivity index (χ1) is 11.5. The van der Waals surface area contributed by atoms with Crippen molar-refractivity contribution in [1.82, 2.24) is 0 Å². The van der Waals surface area contributed by atoms with Crippen molar-refractivity contribution in [2.24, 2.45) is 0 Å². The number of rotatable bonds is 0. The summed E-state index contributed by atoms with van der Waals surface area (Å²) in [6.45, 7) is 8.85. The van der Waals surface area contributed by atoms with Gasteiger partial charge in [-0.05, 0) is 13.8 Å². The minimum Gasteiger partial charge on any atom is -0.168 e. The molecule has 4 aromatic carbocycles. The molecule has 0 nitrogen and oxygen atoms in total. The summed E-state index contributed by atoms with van der Waals surface area (Å²) in [4.78, 5) is 0. The zero-order valence-corrected chi connectivity index (χ0v) is 18.4. The minimum absolute atomic E-state index is 0.210. The molecule has 0 heterocycles. The van der Waals surface area contributed by atoms with Crippen molar-refractivity contribution in [1.29, 1.82) is 0 Å². The molecule has 4 aromatic rings. The summed E-state index contributed by atoms with van der Waals surface area (Å²) < 4.78 is 0. The molecule has 24 heavy (non-hydrogen) atoms. The van der Waals surface area contributed by atoms with Gasteiger partial charge in [0.25, 0.3) is 0 Å². The van der Waals surface area contributed by atoms with Crippen molar-refractivity contribution in [2.75, 3.05) is 0 Å². The predicted octanol–water partition coefficient (Wildman–Crippen LogP) is 6.52. The van der Waals surface area contributed by atoms with E-state index in [1.165, 1.54) is 32.7 Å². The molecule has 0 atom stereocenters. The van der Waals surface area contributed by atoms with Gasteiger partial charge in [0, 0.05) is 0 Å². The molecule has 120 valence electrons. The Bertz CT molecular complexity index is 851. The fraction of sp³-hybridized carbons (Fsp3) is 0.182. The van der Waals surface area contributed by atoms with Crippen LogP contribution >= 0.6 is 0 Å². The van der Waals surface area contributed by atoms with E-state index in [0.717, 1.165) is 0 Å². The van der Waals surface area contributed by atoms with Gasteiger partial charge in [-0.15, -0.1) is 57.9 Å². The Labute approximate surface area is 160 Å². The fourth-order valence-electron chi connectivity index (χ4n) is 2.49. The van der Waals surface area contributed by atoms with Crippen LogP contribution in [0.2, 0.25) is 13.1 Å². The first-order valence-corrected chi connectivity index (χ1v) is 14.4. The van der Waals surface area contributed by atoms with Crippen LogP contribution < -0.4 is 0 Å². The molecule has 0 radical (unpaired) electrons. The first kappa shape index (κ1) is 19.1. The van der Waals surface area contributed by atoms with E-state index in [-0.39, 0.29) is 5.43 Å². The molecule has 0 aromatic heterocycles. The van der Waals surface area contributed by atoms with Crippen LogP contribution in [-0.4, -0.2) is 5.43 Å². The van der Waals surface area contributed by atoms with E-state index in [0.29, 0.717) is 0 Å². The maximum atomic E-state index is 2.31. The minimum atomic E-state index is 0.210. The van der Waals surface area contributed by atoms with Crippen LogP contribution in [0.3, 0.4) is 0 Å². The van der Waals surface area contributed by atoms with Crippen LogP contribution in [0.15, 0.2) is 72.8 Å². The Kier molecular flexibility index (Phi) is 7.40. The number of hydrogen-bond acceptors (Lipinski definition) is 0. The van der Waals surface area contributed by atoms with Crippen LogP contribution in [-0.2, 0) is 23.3 Å². The Morgan fingerprint density at radius 3 is 1.46 bits per heavy atom. The van der Waals surface area contributed by atoms with Crippen molar-refractivity contribution >= 4 is 27.0 Å². The van der Waals surface area contributed by atoms with E-state index >= 15 is 0 Å².